The number of nitrogens with zero attached hydrogens (tertiary/aromatic N) is 1. The average molecular weight is 958 g/mol. The maximum Gasteiger partial charge on any atom is 0.138 e. The molecule has 2 heterocycles. The summed E-state index contributed by atoms with van der Waals surface area (Å²) >= 11 is 0. The molecule has 1 aliphatic carbocycles. The van der Waals surface area contributed by atoms with Crippen LogP contribution in [0.2, 0.25) is 0 Å². The van der Waals surface area contributed by atoms with Crippen LogP contribution in [-0.4, -0.2) is 4.57 Å². The molecule has 2 heteroatoms. The first-order chi connectivity index (χ1) is 36.2. The topological polar surface area (TPSA) is 18.1 Å². The van der Waals surface area contributed by atoms with E-state index in [9.17, 15) is 0 Å². The predicted octanol–water partition coefficient (Wildman–Crippen LogP) is 20.7. The van der Waals surface area contributed by atoms with Gasteiger partial charge in [0, 0.05) is 33.3 Å². The number of furan rings is 1. The minimum atomic E-state index is 0.629. The Hall–Kier alpha value is -8.20. The summed E-state index contributed by atoms with van der Waals surface area (Å²) in [6.45, 7) is 13.4. The molecule has 1 fully saturated rings. The Labute approximate surface area is 436 Å². The molecule has 1 atom stereocenters. The fraction of sp³-hybridized carbons (Fsp3) is 0.167. The fourth-order valence-corrected chi connectivity index (χ4v) is 11.7. The Bertz CT molecular complexity index is 4030. The van der Waals surface area contributed by atoms with Gasteiger partial charge in [-0.1, -0.05) is 196 Å². The number of aryl methyl sites for hydroxylation is 4. The van der Waals surface area contributed by atoms with Crippen LogP contribution in [0.1, 0.15) is 84.7 Å². The standard InChI is InChI=1S/C50H41NO.C22H22/c1-30-12-5-6-16-38(30)47-31(2)22-27-45-49(47)48-40(35-23-25-37(33(4)28-35)41-18-8-7-17-39(41)34-14-10-15-34)19-11-21-44(48)51(45)36-24-26-42-43-20-9-13-32(3)50(43)52-46(42)29-36;1-3-17(2)18-12-14-20(15-13-18)22-11-7-10-21(16-22)19-8-5-4-6-9-19/h5-9,11-13,16-29,34H,10,14-15H2,1-4H3;4-17H,3H2,1-2H3. The third kappa shape index (κ3) is 8.43. The number of aromatic nitrogens is 1. The second-order valence-corrected chi connectivity index (χ2v) is 20.9. The number of hydrogen-bond donors (Lipinski definition) is 0. The molecule has 0 saturated heterocycles. The monoisotopic (exact) mass is 957 g/mol. The summed E-state index contributed by atoms with van der Waals surface area (Å²) in [5, 5.41) is 4.88. The zero-order valence-electron chi connectivity index (χ0n) is 43.5. The van der Waals surface area contributed by atoms with Crippen LogP contribution in [-0.2, 0) is 0 Å². The van der Waals surface area contributed by atoms with Crippen molar-refractivity contribution in [3.8, 4) is 61.3 Å². The van der Waals surface area contributed by atoms with E-state index >= 15 is 0 Å². The molecule has 1 unspecified atom stereocenters. The molecule has 10 aromatic carbocycles. The lowest BCUT2D eigenvalue weighted by atomic mass is 9.76. The number of benzene rings is 10. The third-order valence-corrected chi connectivity index (χ3v) is 16.2. The minimum Gasteiger partial charge on any atom is -0.456 e. The zero-order chi connectivity index (χ0) is 50.5. The largest absolute Gasteiger partial charge is 0.456 e. The van der Waals surface area contributed by atoms with E-state index in [1.54, 1.807) is 0 Å². The first kappa shape index (κ1) is 46.8. The third-order valence-electron chi connectivity index (χ3n) is 16.2. The molecule has 13 rings (SSSR count). The summed E-state index contributed by atoms with van der Waals surface area (Å²) in [5.74, 6) is 1.31. The first-order valence-corrected chi connectivity index (χ1v) is 26.7. The quantitative estimate of drug-likeness (QED) is 0.141. The Morgan fingerprint density at radius 2 is 1.11 bits per heavy atom. The lowest BCUT2D eigenvalue weighted by Crippen LogP contribution is -2.10. The normalized spacial score (nSPS) is 13.1. The van der Waals surface area contributed by atoms with E-state index in [1.807, 2.05) is 0 Å². The summed E-state index contributed by atoms with van der Waals surface area (Å²) in [7, 11) is 0. The molecular weight excluding hydrogens is 895 g/mol. The highest BCUT2D eigenvalue weighted by atomic mass is 16.3. The Kier molecular flexibility index (Phi) is 12.5. The molecule has 2 aromatic heterocycles. The van der Waals surface area contributed by atoms with Crippen molar-refractivity contribution in [3.05, 3.63) is 246 Å². The van der Waals surface area contributed by atoms with Crippen molar-refractivity contribution in [2.45, 2.75) is 79.1 Å². The molecule has 362 valence electrons. The molecule has 1 saturated carbocycles. The van der Waals surface area contributed by atoms with Gasteiger partial charge < -0.3 is 8.98 Å². The average Bonchev–Trinajstić information content (AvgIpc) is 3.98. The van der Waals surface area contributed by atoms with Crippen molar-refractivity contribution in [1.29, 1.82) is 0 Å². The highest BCUT2D eigenvalue weighted by molar-refractivity contribution is 6.21. The molecule has 2 nitrogen and oxygen atoms in total. The van der Waals surface area contributed by atoms with Gasteiger partial charge in [-0.15, -0.1) is 0 Å². The van der Waals surface area contributed by atoms with E-state index in [0.29, 0.717) is 11.8 Å². The Balaban J connectivity index is 0.000000211. The van der Waals surface area contributed by atoms with Gasteiger partial charge in [0.15, 0.2) is 0 Å². The molecule has 0 spiro atoms. The second-order valence-electron chi connectivity index (χ2n) is 20.9. The summed E-state index contributed by atoms with van der Waals surface area (Å²) in [4.78, 5) is 0. The molecule has 1 aliphatic rings. The van der Waals surface area contributed by atoms with Gasteiger partial charge in [0.05, 0.1) is 11.0 Å². The van der Waals surface area contributed by atoms with Crippen molar-refractivity contribution in [1.82, 2.24) is 4.57 Å². The number of para-hydroxylation sites is 1. The van der Waals surface area contributed by atoms with Gasteiger partial charge in [0.2, 0.25) is 0 Å². The van der Waals surface area contributed by atoms with Gasteiger partial charge in [-0.2, -0.15) is 0 Å². The molecule has 0 amide bonds. The molecule has 0 radical (unpaired) electrons. The Morgan fingerprint density at radius 3 is 1.85 bits per heavy atom. The van der Waals surface area contributed by atoms with Crippen LogP contribution in [0.5, 0.6) is 0 Å². The SMILES string of the molecule is CCC(C)c1ccc(-c2cccc(-c3ccccc3)c2)cc1.Cc1cc(-c2cccc3c2c2c(-c4ccccc4C)c(C)ccc2n3-c2ccc3c(c2)oc2c(C)cccc23)ccc1-c1ccccc1C1CCC1. The van der Waals surface area contributed by atoms with Crippen molar-refractivity contribution in [3.63, 3.8) is 0 Å². The summed E-state index contributed by atoms with van der Waals surface area (Å²) < 4.78 is 9.00. The lowest BCUT2D eigenvalue weighted by molar-refractivity contribution is 0.420. The van der Waals surface area contributed by atoms with Crippen LogP contribution < -0.4 is 0 Å². The van der Waals surface area contributed by atoms with Gasteiger partial charge in [0.1, 0.15) is 11.2 Å². The number of hydrogen-bond acceptors (Lipinski definition) is 1. The Morgan fingerprint density at radius 1 is 0.459 bits per heavy atom. The number of fused-ring (bicyclic) bond motifs is 6. The van der Waals surface area contributed by atoms with Gasteiger partial charge in [0.25, 0.3) is 0 Å². The van der Waals surface area contributed by atoms with E-state index < -0.39 is 0 Å². The van der Waals surface area contributed by atoms with E-state index in [1.165, 1.54) is 131 Å². The van der Waals surface area contributed by atoms with Crippen LogP contribution in [0, 0.1) is 27.7 Å². The van der Waals surface area contributed by atoms with Gasteiger partial charge in [-0.25, -0.2) is 0 Å². The minimum absolute atomic E-state index is 0.629. The maximum absolute atomic E-state index is 6.55. The van der Waals surface area contributed by atoms with E-state index in [4.69, 9.17) is 4.42 Å². The highest BCUT2D eigenvalue weighted by Crippen LogP contribution is 2.47. The van der Waals surface area contributed by atoms with Crippen molar-refractivity contribution in [2.75, 3.05) is 0 Å². The predicted molar refractivity (Wildman–Crippen MR) is 316 cm³/mol. The molecule has 0 aliphatic heterocycles. The van der Waals surface area contributed by atoms with Crippen LogP contribution in [0.3, 0.4) is 0 Å². The zero-order valence-corrected chi connectivity index (χ0v) is 43.5. The van der Waals surface area contributed by atoms with E-state index in [0.717, 1.165) is 33.2 Å². The maximum atomic E-state index is 6.55. The molecule has 12 aromatic rings. The molecular formula is C72H63NO. The first-order valence-electron chi connectivity index (χ1n) is 26.7. The summed E-state index contributed by atoms with van der Waals surface area (Å²) in [5.41, 5.74) is 26.2. The highest BCUT2D eigenvalue weighted by Gasteiger charge is 2.25. The van der Waals surface area contributed by atoms with Crippen molar-refractivity contribution >= 4 is 43.7 Å². The van der Waals surface area contributed by atoms with Crippen LogP contribution >= 0.6 is 0 Å². The van der Waals surface area contributed by atoms with E-state index in [-0.39, 0.29) is 0 Å². The fourth-order valence-electron chi connectivity index (χ4n) is 11.7. The smallest absolute Gasteiger partial charge is 0.138 e. The molecule has 74 heavy (non-hydrogen) atoms. The second kappa shape index (κ2) is 19.7. The molecule has 0 bridgehead atoms. The molecule has 0 N–H and O–H groups in total. The van der Waals surface area contributed by atoms with Crippen LogP contribution in [0.4, 0.5) is 0 Å². The van der Waals surface area contributed by atoms with Crippen molar-refractivity contribution < 1.29 is 4.42 Å². The van der Waals surface area contributed by atoms with E-state index in [2.05, 4.69) is 258 Å². The van der Waals surface area contributed by atoms with Gasteiger partial charge in [-0.05, 0) is 178 Å². The summed E-state index contributed by atoms with van der Waals surface area (Å²) in [6.07, 6.45) is 5.12. The van der Waals surface area contributed by atoms with Crippen LogP contribution in [0.15, 0.2) is 217 Å². The van der Waals surface area contributed by atoms with Gasteiger partial charge >= 0.3 is 0 Å². The number of rotatable bonds is 9. The lowest BCUT2D eigenvalue weighted by Gasteiger charge is -2.28. The van der Waals surface area contributed by atoms with Crippen molar-refractivity contribution in [2.24, 2.45) is 0 Å². The summed E-state index contributed by atoms with van der Waals surface area (Å²) in [6, 6.07) is 77.9. The van der Waals surface area contributed by atoms with Gasteiger partial charge in [-0.3, -0.25) is 0 Å². The van der Waals surface area contributed by atoms with Crippen LogP contribution in [0.25, 0.3) is 105 Å².